The Hall–Kier alpha value is -2.70. The van der Waals surface area contributed by atoms with Crippen molar-refractivity contribution in [1.82, 2.24) is 19.7 Å². The van der Waals surface area contributed by atoms with E-state index in [0.717, 1.165) is 0 Å². The topological polar surface area (TPSA) is 95.6 Å². The summed E-state index contributed by atoms with van der Waals surface area (Å²) in [5.74, 6) is 0.0265. The lowest BCUT2D eigenvalue weighted by Gasteiger charge is -2.03. The lowest BCUT2D eigenvalue weighted by Crippen LogP contribution is -2.03. The average Bonchev–Trinajstić information content (AvgIpc) is 2.74. The number of hydrogen-bond donors (Lipinski definition) is 2. The van der Waals surface area contributed by atoms with Gasteiger partial charge in [0.1, 0.15) is 11.6 Å². The predicted octanol–water partition coefficient (Wildman–Crippen LogP) is 1.12. The maximum atomic E-state index is 12.9. The Labute approximate surface area is 101 Å². The number of halogens is 1. The van der Waals surface area contributed by atoms with Crippen molar-refractivity contribution in [2.24, 2.45) is 0 Å². The average molecular weight is 244 g/mol. The number of nitrogen functional groups attached to an aromatic ring is 2. The van der Waals surface area contributed by atoms with Gasteiger partial charge >= 0.3 is 0 Å². The van der Waals surface area contributed by atoms with Crippen LogP contribution in [0.2, 0.25) is 0 Å². The molecule has 3 aromatic rings. The molecule has 7 heteroatoms. The largest absolute Gasteiger partial charge is 0.383 e. The van der Waals surface area contributed by atoms with Crippen LogP contribution in [0.4, 0.5) is 16.2 Å². The number of nitrogens with zero attached hydrogens (tertiary/aromatic N) is 4. The molecular weight excluding hydrogens is 235 g/mol. The Morgan fingerprint density at radius 2 is 1.78 bits per heavy atom. The molecule has 0 radical (unpaired) electrons. The van der Waals surface area contributed by atoms with Crippen LogP contribution in [0.1, 0.15) is 0 Å². The molecule has 0 saturated carbocycles. The van der Waals surface area contributed by atoms with E-state index in [2.05, 4.69) is 15.1 Å². The molecule has 0 aliphatic carbocycles. The fourth-order valence-corrected chi connectivity index (χ4v) is 1.72. The first kappa shape index (κ1) is 10.5. The van der Waals surface area contributed by atoms with E-state index >= 15 is 0 Å². The summed E-state index contributed by atoms with van der Waals surface area (Å²) in [7, 11) is 0. The van der Waals surface area contributed by atoms with Crippen LogP contribution in [0.5, 0.6) is 0 Å². The lowest BCUT2D eigenvalue weighted by atomic mass is 10.3. The van der Waals surface area contributed by atoms with Gasteiger partial charge in [0.15, 0.2) is 5.65 Å². The number of aromatic nitrogens is 4. The molecule has 3 rings (SSSR count). The summed E-state index contributed by atoms with van der Waals surface area (Å²) in [4.78, 5) is 7.94. The first-order valence-corrected chi connectivity index (χ1v) is 5.18. The standard InChI is InChI=1S/C11H9FN6/c12-6-1-3-7(4-2-6)18-10-8(5-15-18)9(13)16-11(14)17-10/h1-5H,(H4,13,14,16,17). The van der Waals surface area contributed by atoms with Gasteiger partial charge in [-0.3, -0.25) is 0 Å². The highest BCUT2D eigenvalue weighted by Crippen LogP contribution is 2.21. The monoisotopic (exact) mass is 244 g/mol. The van der Waals surface area contributed by atoms with Crippen molar-refractivity contribution in [3.63, 3.8) is 0 Å². The molecule has 0 aliphatic heterocycles. The zero-order valence-electron chi connectivity index (χ0n) is 9.21. The molecule has 0 aliphatic rings. The third-order valence-electron chi connectivity index (χ3n) is 2.55. The number of hydrogen-bond acceptors (Lipinski definition) is 5. The highest BCUT2D eigenvalue weighted by molar-refractivity contribution is 5.87. The number of anilines is 2. The van der Waals surface area contributed by atoms with Crippen LogP contribution in [0.15, 0.2) is 30.5 Å². The first-order chi connectivity index (χ1) is 8.65. The van der Waals surface area contributed by atoms with Crippen LogP contribution < -0.4 is 11.5 Å². The molecule has 2 aromatic heterocycles. The molecule has 0 atom stereocenters. The molecule has 2 heterocycles. The normalized spacial score (nSPS) is 10.9. The van der Waals surface area contributed by atoms with Crippen LogP contribution in [0, 0.1) is 5.82 Å². The van der Waals surface area contributed by atoms with Gasteiger partial charge in [0.2, 0.25) is 5.95 Å². The second-order valence-corrected chi connectivity index (χ2v) is 3.74. The minimum Gasteiger partial charge on any atom is -0.383 e. The molecule has 6 nitrogen and oxygen atoms in total. The van der Waals surface area contributed by atoms with Gasteiger partial charge in [-0.25, -0.2) is 9.07 Å². The Morgan fingerprint density at radius 3 is 2.50 bits per heavy atom. The predicted molar refractivity (Wildman–Crippen MR) is 65.4 cm³/mol. The fourth-order valence-electron chi connectivity index (χ4n) is 1.72. The van der Waals surface area contributed by atoms with Gasteiger partial charge in [-0.2, -0.15) is 15.1 Å². The molecule has 0 fully saturated rings. The van der Waals surface area contributed by atoms with Crippen LogP contribution in [0.3, 0.4) is 0 Å². The van der Waals surface area contributed by atoms with Gasteiger partial charge in [0.05, 0.1) is 17.3 Å². The molecule has 18 heavy (non-hydrogen) atoms. The van der Waals surface area contributed by atoms with Gasteiger partial charge in [-0.1, -0.05) is 0 Å². The van der Waals surface area contributed by atoms with E-state index in [-0.39, 0.29) is 17.6 Å². The Kier molecular flexibility index (Phi) is 2.12. The maximum Gasteiger partial charge on any atom is 0.224 e. The summed E-state index contributed by atoms with van der Waals surface area (Å²) in [6.45, 7) is 0. The summed E-state index contributed by atoms with van der Waals surface area (Å²) in [5, 5.41) is 4.76. The number of fused-ring (bicyclic) bond motifs is 1. The number of rotatable bonds is 1. The SMILES string of the molecule is Nc1nc(N)c2cnn(-c3ccc(F)cc3)c2n1. The summed E-state index contributed by atoms with van der Waals surface area (Å²) in [6.07, 6.45) is 1.55. The Bertz CT molecular complexity index is 718. The van der Waals surface area contributed by atoms with Crippen molar-refractivity contribution in [1.29, 1.82) is 0 Å². The van der Waals surface area contributed by atoms with E-state index in [9.17, 15) is 4.39 Å². The number of benzene rings is 1. The highest BCUT2D eigenvalue weighted by atomic mass is 19.1. The molecule has 0 spiro atoms. The Morgan fingerprint density at radius 1 is 1.06 bits per heavy atom. The third kappa shape index (κ3) is 1.53. The molecule has 0 unspecified atom stereocenters. The number of nitrogens with two attached hydrogens (primary N) is 2. The van der Waals surface area contributed by atoms with E-state index in [1.165, 1.54) is 16.8 Å². The smallest absolute Gasteiger partial charge is 0.224 e. The van der Waals surface area contributed by atoms with Crippen molar-refractivity contribution in [2.45, 2.75) is 0 Å². The van der Waals surface area contributed by atoms with Gasteiger partial charge in [-0.15, -0.1) is 0 Å². The van der Waals surface area contributed by atoms with Gasteiger partial charge in [0, 0.05) is 0 Å². The van der Waals surface area contributed by atoms with Crippen molar-refractivity contribution in [2.75, 3.05) is 11.5 Å². The van der Waals surface area contributed by atoms with E-state index < -0.39 is 0 Å². The van der Waals surface area contributed by atoms with Crippen molar-refractivity contribution >= 4 is 22.8 Å². The minimum absolute atomic E-state index is 0.0730. The summed E-state index contributed by atoms with van der Waals surface area (Å²) >= 11 is 0. The molecule has 0 saturated heterocycles. The zero-order chi connectivity index (χ0) is 12.7. The molecule has 1 aromatic carbocycles. The van der Waals surface area contributed by atoms with Crippen LogP contribution in [-0.2, 0) is 0 Å². The zero-order valence-corrected chi connectivity index (χ0v) is 9.21. The van der Waals surface area contributed by atoms with Crippen molar-refractivity contribution in [3.05, 3.63) is 36.3 Å². The molecule has 0 amide bonds. The van der Waals surface area contributed by atoms with Crippen LogP contribution in [-0.4, -0.2) is 19.7 Å². The van der Waals surface area contributed by atoms with E-state index in [1.807, 2.05) is 0 Å². The second-order valence-electron chi connectivity index (χ2n) is 3.74. The quantitative estimate of drug-likeness (QED) is 0.668. The van der Waals surface area contributed by atoms with Gasteiger partial charge in [0.25, 0.3) is 0 Å². The fraction of sp³-hybridized carbons (Fsp3) is 0. The van der Waals surface area contributed by atoms with Crippen molar-refractivity contribution in [3.8, 4) is 5.69 Å². The summed E-state index contributed by atoms with van der Waals surface area (Å²) in [6, 6.07) is 5.88. The lowest BCUT2D eigenvalue weighted by molar-refractivity contribution is 0.627. The maximum absolute atomic E-state index is 12.9. The van der Waals surface area contributed by atoms with E-state index in [4.69, 9.17) is 11.5 Å². The van der Waals surface area contributed by atoms with Crippen molar-refractivity contribution < 1.29 is 4.39 Å². The summed E-state index contributed by atoms with van der Waals surface area (Å²) < 4.78 is 14.4. The van der Waals surface area contributed by atoms with Crippen LogP contribution >= 0.6 is 0 Å². The third-order valence-corrected chi connectivity index (χ3v) is 2.55. The van der Waals surface area contributed by atoms with Gasteiger partial charge in [-0.05, 0) is 24.3 Å². The van der Waals surface area contributed by atoms with E-state index in [0.29, 0.717) is 16.7 Å². The molecule has 90 valence electrons. The first-order valence-electron chi connectivity index (χ1n) is 5.18. The second kappa shape index (κ2) is 3.66. The summed E-state index contributed by atoms with van der Waals surface area (Å²) in [5.41, 5.74) is 12.4. The molecular formula is C11H9FN6. The highest BCUT2D eigenvalue weighted by Gasteiger charge is 2.10. The molecule has 4 N–H and O–H groups in total. The minimum atomic E-state index is -0.316. The van der Waals surface area contributed by atoms with Gasteiger partial charge < -0.3 is 11.5 Å². The van der Waals surface area contributed by atoms with E-state index in [1.54, 1.807) is 18.3 Å². The Balaban J connectivity index is 2.27. The molecule has 0 bridgehead atoms. The van der Waals surface area contributed by atoms with Crippen LogP contribution in [0.25, 0.3) is 16.7 Å².